The second-order valence-electron chi connectivity index (χ2n) is 7.94. The molecular weight excluding hydrogens is 400 g/mol. The highest BCUT2D eigenvalue weighted by Gasteiger charge is 2.32. The predicted octanol–water partition coefficient (Wildman–Crippen LogP) is 3.59. The van der Waals surface area contributed by atoms with Crippen LogP contribution in [-0.4, -0.2) is 38.8 Å². The molecule has 0 spiro atoms. The van der Waals surface area contributed by atoms with Gasteiger partial charge in [0, 0.05) is 19.0 Å². The van der Waals surface area contributed by atoms with Crippen molar-refractivity contribution < 1.29 is 17.9 Å². The molecule has 0 aromatic heterocycles. The van der Waals surface area contributed by atoms with E-state index >= 15 is 0 Å². The van der Waals surface area contributed by atoms with Crippen LogP contribution < -0.4 is 10.1 Å². The molecule has 1 amide bonds. The van der Waals surface area contributed by atoms with Crippen molar-refractivity contribution in [2.45, 2.75) is 44.6 Å². The molecule has 3 rings (SSSR count). The molecule has 0 unspecified atom stereocenters. The van der Waals surface area contributed by atoms with Gasteiger partial charge in [-0.15, -0.1) is 0 Å². The number of nitrogens with zero attached hydrogens (tertiary/aromatic N) is 1. The maximum absolute atomic E-state index is 12.9. The first-order chi connectivity index (χ1) is 14.2. The summed E-state index contributed by atoms with van der Waals surface area (Å²) in [5.74, 6) is 0.423. The van der Waals surface area contributed by atoms with Crippen molar-refractivity contribution in [1.29, 1.82) is 0 Å². The van der Waals surface area contributed by atoms with Crippen molar-refractivity contribution in [3.8, 4) is 5.75 Å². The molecule has 7 heteroatoms. The van der Waals surface area contributed by atoms with E-state index in [9.17, 15) is 13.2 Å². The van der Waals surface area contributed by atoms with E-state index in [1.807, 2.05) is 20.8 Å². The Morgan fingerprint density at radius 1 is 1.10 bits per heavy atom. The Balaban J connectivity index is 1.60. The van der Waals surface area contributed by atoms with Gasteiger partial charge in [-0.25, -0.2) is 8.42 Å². The lowest BCUT2D eigenvalue weighted by Crippen LogP contribution is -2.43. The minimum absolute atomic E-state index is 0.00935. The van der Waals surface area contributed by atoms with Gasteiger partial charge in [-0.1, -0.05) is 23.8 Å². The molecule has 6 nitrogen and oxygen atoms in total. The molecule has 0 radical (unpaired) electrons. The normalized spacial score (nSPS) is 16.8. The number of amides is 1. The highest BCUT2D eigenvalue weighted by Crippen LogP contribution is 2.26. The van der Waals surface area contributed by atoms with Crippen LogP contribution in [0.2, 0.25) is 0 Å². The molecule has 1 N–H and O–H groups in total. The Kier molecular flexibility index (Phi) is 6.83. The van der Waals surface area contributed by atoms with Crippen LogP contribution in [-0.2, 0) is 14.8 Å². The summed E-state index contributed by atoms with van der Waals surface area (Å²) in [6.07, 6.45) is 1.03. The van der Waals surface area contributed by atoms with E-state index < -0.39 is 10.0 Å². The average Bonchev–Trinajstić information content (AvgIpc) is 2.75. The lowest BCUT2D eigenvalue weighted by molar-refractivity contribution is -0.126. The maximum Gasteiger partial charge on any atom is 0.243 e. The molecule has 2 aromatic rings. The molecule has 1 atom stereocenters. The van der Waals surface area contributed by atoms with E-state index in [1.165, 1.54) is 4.31 Å². The minimum Gasteiger partial charge on any atom is -0.497 e. The highest BCUT2D eigenvalue weighted by atomic mass is 32.2. The number of hydrogen-bond acceptors (Lipinski definition) is 4. The monoisotopic (exact) mass is 430 g/mol. The number of carbonyl (C=O) groups is 1. The molecule has 1 saturated heterocycles. The first-order valence-corrected chi connectivity index (χ1v) is 11.7. The minimum atomic E-state index is -3.57. The third-order valence-electron chi connectivity index (χ3n) is 5.78. The summed E-state index contributed by atoms with van der Waals surface area (Å²) in [7, 11) is -2.02. The van der Waals surface area contributed by atoms with Crippen LogP contribution in [0, 0.1) is 19.8 Å². The standard InChI is InChI=1S/C23H30N2O4S/c1-16-5-6-17(2)22(15-16)18(3)24-23(26)19-11-13-25(14-12-19)30(27,28)21-9-7-20(29-4)8-10-21/h5-10,15,18-19H,11-14H2,1-4H3,(H,24,26)/t18-/m0/s1. The zero-order valence-electron chi connectivity index (χ0n) is 18.0. The molecule has 0 aliphatic carbocycles. The number of rotatable bonds is 6. The SMILES string of the molecule is COc1ccc(S(=O)(=O)N2CCC(C(=O)N[C@@H](C)c3cc(C)ccc3C)CC2)cc1. The molecule has 1 heterocycles. The molecule has 1 aliphatic heterocycles. The second kappa shape index (κ2) is 9.18. The molecule has 0 bridgehead atoms. The second-order valence-corrected chi connectivity index (χ2v) is 9.88. The van der Waals surface area contributed by atoms with Crippen LogP contribution in [0.3, 0.4) is 0 Å². The summed E-state index contributed by atoms with van der Waals surface area (Å²) in [6.45, 7) is 6.74. The van der Waals surface area contributed by atoms with E-state index in [2.05, 4.69) is 23.5 Å². The Bertz CT molecular complexity index is 994. The molecule has 1 fully saturated rings. The predicted molar refractivity (Wildman–Crippen MR) is 117 cm³/mol. The van der Waals surface area contributed by atoms with Gasteiger partial charge < -0.3 is 10.1 Å². The van der Waals surface area contributed by atoms with Gasteiger partial charge in [-0.3, -0.25) is 4.79 Å². The van der Waals surface area contributed by atoms with Gasteiger partial charge in [-0.05, 0) is 69.0 Å². The molecule has 0 saturated carbocycles. The lowest BCUT2D eigenvalue weighted by atomic mass is 9.95. The molecule has 162 valence electrons. The van der Waals surface area contributed by atoms with Gasteiger partial charge in [0.25, 0.3) is 0 Å². The highest BCUT2D eigenvalue weighted by molar-refractivity contribution is 7.89. The zero-order chi connectivity index (χ0) is 21.9. The van der Waals surface area contributed by atoms with Crippen molar-refractivity contribution >= 4 is 15.9 Å². The van der Waals surface area contributed by atoms with Gasteiger partial charge in [0.15, 0.2) is 0 Å². The molecule has 2 aromatic carbocycles. The van der Waals surface area contributed by atoms with Crippen molar-refractivity contribution in [2.24, 2.45) is 5.92 Å². The fraction of sp³-hybridized carbons (Fsp3) is 0.435. The largest absolute Gasteiger partial charge is 0.497 e. The summed E-state index contributed by atoms with van der Waals surface area (Å²) >= 11 is 0. The first-order valence-electron chi connectivity index (χ1n) is 10.2. The van der Waals surface area contributed by atoms with E-state index in [4.69, 9.17) is 4.74 Å². The van der Waals surface area contributed by atoms with Crippen molar-refractivity contribution in [3.05, 3.63) is 59.2 Å². The van der Waals surface area contributed by atoms with Crippen LogP contribution in [0.25, 0.3) is 0 Å². The van der Waals surface area contributed by atoms with E-state index in [-0.39, 0.29) is 22.8 Å². The smallest absolute Gasteiger partial charge is 0.243 e. The molecular formula is C23H30N2O4S. The number of methoxy groups -OCH3 is 1. The number of sulfonamides is 1. The van der Waals surface area contributed by atoms with Crippen molar-refractivity contribution in [1.82, 2.24) is 9.62 Å². The zero-order valence-corrected chi connectivity index (χ0v) is 18.8. The van der Waals surface area contributed by atoms with Crippen LogP contribution >= 0.6 is 0 Å². The molecule has 30 heavy (non-hydrogen) atoms. The Morgan fingerprint density at radius 2 is 1.73 bits per heavy atom. The summed E-state index contributed by atoms with van der Waals surface area (Å²) in [6, 6.07) is 12.5. The van der Waals surface area contributed by atoms with Crippen molar-refractivity contribution in [3.63, 3.8) is 0 Å². The quantitative estimate of drug-likeness (QED) is 0.760. The number of aryl methyl sites for hydroxylation is 2. The summed E-state index contributed by atoms with van der Waals surface area (Å²) in [4.78, 5) is 13.0. The number of carbonyl (C=O) groups excluding carboxylic acids is 1. The van der Waals surface area contributed by atoms with E-state index in [1.54, 1.807) is 31.4 Å². The third kappa shape index (κ3) is 4.84. The van der Waals surface area contributed by atoms with Crippen LogP contribution in [0.4, 0.5) is 0 Å². The summed E-state index contributed by atoms with van der Waals surface area (Å²) in [5.41, 5.74) is 3.42. The van der Waals surface area contributed by atoms with E-state index in [0.29, 0.717) is 31.7 Å². The van der Waals surface area contributed by atoms with Crippen LogP contribution in [0.1, 0.15) is 42.5 Å². The number of ether oxygens (including phenoxy) is 1. The fourth-order valence-corrected chi connectivity index (χ4v) is 5.36. The Labute approximate surface area is 179 Å². The average molecular weight is 431 g/mol. The maximum atomic E-state index is 12.9. The van der Waals surface area contributed by atoms with Crippen molar-refractivity contribution in [2.75, 3.05) is 20.2 Å². The lowest BCUT2D eigenvalue weighted by Gasteiger charge is -2.31. The van der Waals surface area contributed by atoms with Crippen LogP contribution in [0.15, 0.2) is 47.4 Å². The van der Waals surface area contributed by atoms with Gasteiger partial charge in [0.05, 0.1) is 18.0 Å². The third-order valence-corrected chi connectivity index (χ3v) is 7.69. The van der Waals surface area contributed by atoms with Gasteiger partial charge in [0.1, 0.15) is 5.75 Å². The summed E-state index contributed by atoms with van der Waals surface area (Å²) < 4.78 is 32.3. The van der Waals surface area contributed by atoms with Crippen LogP contribution in [0.5, 0.6) is 5.75 Å². The Morgan fingerprint density at radius 3 is 2.33 bits per heavy atom. The summed E-state index contributed by atoms with van der Waals surface area (Å²) in [5, 5.41) is 3.11. The molecule has 1 aliphatic rings. The van der Waals surface area contributed by atoms with Gasteiger partial charge in [-0.2, -0.15) is 4.31 Å². The number of piperidine rings is 1. The number of hydrogen-bond donors (Lipinski definition) is 1. The number of benzene rings is 2. The number of nitrogens with one attached hydrogen (secondary N) is 1. The van der Waals surface area contributed by atoms with Gasteiger partial charge in [0.2, 0.25) is 15.9 Å². The van der Waals surface area contributed by atoms with E-state index in [0.717, 1.165) is 16.7 Å². The van der Waals surface area contributed by atoms with Gasteiger partial charge >= 0.3 is 0 Å². The fourth-order valence-electron chi connectivity index (χ4n) is 3.89. The topological polar surface area (TPSA) is 75.7 Å². The first kappa shape index (κ1) is 22.3. The Hall–Kier alpha value is -2.38.